The van der Waals surface area contributed by atoms with Gasteiger partial charge in [-0.25, -0.2) is 0 Å². The fourth-order valence-electron chi connectivity index (χ4n) is 3.08. The van der Waals surface area contributed by atoms with Crippen molar-refractivity contribution >= 4 is 34.2 Å². The quantitative estimate of drug-likeness (QED) is 0.384. The van der Waals surface area contributed by atoms with Gasteiger partial charge in [-0.05, 0) is 54.4 Å². The Labute approximate surface area is 189 Å². The standard InChI is InChI=1S/C25H20ClNO5/c1-2-16-6-8-19(9-7-16)32-23-14-31-22-13-20(10-11-21(22)25(23)29)30-15-24(28)27-18-5-3-4-17(26)12-18/h3-14H,2,15H2,1H3,(H,27,28). The third-order valence-electron chi connectivity index (χ3n) is 4.75. The van der Waals surface area contributed by atoms with E-state index in [2.05, 4.69) is 12.2 Å². The van der Waals surface area contributed by atoms with E-state index in [1.807, 2.05) is 24.3 Å². The first-order valence-electron chi connectivity index (χ1n) is 10.0. The van der Waals surface area contributed by atoms with Crippen molar-refractivity contribution in [3.8, 4) is 17.2 Å². The predicted octanol–water partition coefficient (Wildman–Crippen LogP) is 5.82. The van der Waals surface area contributed by atoms with E-state index in [1.165, 1.54) is 11.8 Å². The number of hydrogen-bond acceptors (Lipinski definition) is 5. The van der Waals surface area contributed by atoms with E-state index in [9.17, 15) is 9.59 Å². The van der Waals surface area contributed by atoms with Crippen LogP contribution in [0.4, 0.5) is 5.69 Å². The van der Waals surface area contributed by atoms with E-state index in [0.29, 0.717) is 33.2 Å². The molecule has 1 aromatic heterocycles. The summed E-state index contributed by atoms with van der Waals surface area (Å²) in [7, 11) is 0. The van der Waals surface area contributed by atoms with Crippen LogP contribution >= 0.6 is 11.6 Å². The van der Waals surface area contributed by atoms with Crippen LogP contribution in [0.5, 0.6) is 17.2 Å². The molecule has 0 saturated heterocycles. The number of benzene rings is 3. The van der Waals surface area contributed by atoms with Crippen molar-refractivity contribution in [2.24, 2.45) is 0 Å². The molecule has 0 saturated carbocycles. The third kappa shape index (κ3) is 5.10. The highest BCUT2D eigenvalue weighted by Crippen LogP contribution is 2.24. The van der Waals surface area contributed by atoms with Crippen LogP contribution in [0, 0.1) is 0 Å². The molecule has 6 nitrogen and oxygen atoms in total. The van der Waals surface area contributed by atoms with Gasteiger partial charge in [0.05, 0.1) is 5.39 Å². The van der Waals surface area contributed by atoms with Crippen LogP contribution in [0.25, 0.3) is 11.0 Å². The molecule has 3 aromatic carbocycles. The van der Waals surface area contributed by atoms with Crippen LogP contribution in [0.1, 0.15) is 12.5 Å². The van der Waals surface area contributed by atoms with Crippen molar-refractivity contribution < 1.29 is 18.7 Å². The summed E-state index contributed by atoms with van der Waals surface area (Å²) in [6.07, 6.45) is 2.19. The fourth-order valence-corrected chi connectivity index (χ4v) is 3.27. The smallest absolute Gasteiger partial charge is 0.262 e. The maximum atomic E-state index is 12.8. The fraction of sp³-hybridized carbons (Fsp3) is 0.120. The molecule has 162 valence electrons. The van der Waals surface area contributed by atoms with Gasteiger partial charge in [0, 0.05) is 16.8 Å². The molecule has 7 heteroatoms. The highest BCUT2D eigenvalue weighted by molar-refractivity contribution is 6.30. The lowest BCUT2D eigenvalue weighted by Crippen LogP contribution is -2.20. The van der Waals surface area contributed by atoms with E-state index in [0.717, 1.165) is 6.42 Å². The Morgan fingerprint density at radius 2 is 1.81 bits per heavy atom. The van der Waals surface area contributed by atoms with Crippen molar-refractivity contribution in [2.45, 2.75) is 13.3 Å². The summed E-state index contributed by atoms with van der Waals surface area (Å²) in [6.45, 7) is 1.86. The second-order valence-electron chi connectivity index (χ2n) is 7.03. The number of aryl methyl sites for hydroxylation is 1. The molecular formula is C25H20ClNO5. The maximum Gasteiger partial charge on any atom is 0.262 e. The molecule has 32 heavy (non-hydrogen) atoms. The minimum Gasteiger partial charge on any atom is -0.484 e. The molecule has 0 unspecified atom stereocenters. The molecule has 4 aromatic rings. The number of carbonyl (C=O) groups excluding carboxylic acids is 1. The van der Waals surface area contributed by atoms with Gasteiger partial charge in [-0.1, -0.05) is 36.7 Å². The van der Waals surface area contributed by atoms with Crippen molar-refractivity contribution in [3.05, 3.63) is 93.8 Å². The minimum atomic E-state index is -0.341. The highest BCUT2D eigenvalue weighted by atomic mass is 35.5. The van der Waals surface area contributed by atoms with Crippen LogP contribution in [0.2, 0.25) is 5.02 Å². The second-order valence-corrected chi connectivity index (χ2v) is 7.47. The number of anilines is 1. The average Bonchev–Trinajstić information content (AvgIpc) is 2.80. The SMILES string of the molecule is CCc1ccc(Oc2coc3cc(OCC(=O)Nc4cccc(Cl)c4)ccc3c2=O)cc1. The molecule has 4 rings (SSSR count). The monoisotopic (exact) mass is 449 g/mol. The van der Waals surface area contributed by atoms with Crippen molar-refractivity contribution in [1.29, 1.82) is 0 Å². The van der Waals surface area contributed by atoms with Gasteiger partial charge in [-0.2, -0.15) is 0 Å². The first-order valence-corrected chi connectivity index (χ1v) is 10.4. The molecule has 1 amide bonds. The number of nitrogens with one attached hydrogen (secondary N) is 1. The van der Waals surface area contributed by atoms with Gasteiger partial charge < -0.3 is 19.2 Å². The zero-order valence-electron chi connectivity index (χ0n) is 17.3. The molecule has 1 heterocycles. The summed E-state index contributed by atoms with van der Waals surface area (Å²) in [5.74, 6) is 0.702. The topological polar surface area (TPSA) is 77.8 Å². The number of fused-ring (bicyclic) bond motifs is 1. The van der Waals surface area contributed by atoms with Gasteiger partial charge >= 0.3 is 0 Å². The lowest BCUT2D eigenvalue weighted by molar-refractivity contribution is -0.118. The Hall–Kier alpha value is -3.77. The molecule has 0 radical (unpaired) electrons. The molecule has 1 N–H and O–H groups in total. The van der Waals surface area contributed by atoms with Crippen molar-refractivity contribution in [3.63, 3.8) is 0 Å². The maximum absolute atomic E-state index is 12.8. The number of carbonyl (C=O) groups is 1. The van der Waals surface area contributed by atoms with Crippen LogP contribution in [0.3, 0.4) is 0 Å². The lowest BCUT2D eigenvalue weighted by atomic mass is 10.2. The van der Waals surface area contributed by atoms with Crippen LogP contribution in [-0.4, -0.2) is 12.5 Å². The zero-order chi connectivity index (χ0) is 22.5. The predicted molar refractivity (Wildman–Crippen MR) is 124 cm³/mol. The molecule has 0 aliphatic heterocycles. The molecule has 0 atom stereocenters. The molecule has 0 aliphatic carbocycles. The first kappa shape index (κ1) is 21.5. The van der Waals surface area contributed by atoms with Gasteiger partial charge in [0.15, 0.2) is 6.61 Å². The summed E-state index contributed by atoms with van der Waals surface area (Å²) in [4.78, 5) is 24.9. The van der Waals surface area contributed by atoms with Gasteiger partial charge in [0.25, 0.3) is 5.91 Å². The Morgan fingerprint density at radius 1 is 1.03 bits per heavy atom. The normalized spacial score (nSPS) is 10.7. The third-order valence-corrected chi connectivity index (χ3v) is 4.99. The Bertz CT molecular complexity index is 1310. The zero-order valence-corrected chi connectivity index (χ0v) is 18.0. The number of ether oxygens (including phenoxy) is 2. The van der Waals surface area contributed by atoms with Crippen molar-refractivity contribution in [1.82, 2.24) is 0 Å². The number of amides is 1. The van der Waals surface area contributed by atoms with Crippen LogP contribution in [-0.2, 0) is 11.2 Å². The van der Waals surface area contributed by atoms with E-state index < -0.39 is 0 Å². The van der Waals surface area contributed by atoms with Crippen LogP contribution in [0.15, 0.2) is 82.2 Å². The summed E-state index contributed by atoms with van der Waals surface area (Å²) < 4.78 is 16.8. The van der Waals surface area contributed by atoms with E-state index in [4.69, 9.17) is 25.5 Å². The van der Waals surface area contributed by atoms with Crippen molar-refractivity contribution in [2.75, 3.05) is 11.9 Å². The molecule has 0 aliphatic rings. The van der Waals surface area contributed by atoms with E-state index >= 15 is 0 Å². The lowest BCUT2D eigenvalue weighted by Gasteiger charge is -2.09. The largest absolute Gasteiger partial charge is 0.484 e. The Morgan fingerprint density at radius 3 is 2.56 bits per heavy atom. The van der Waals surface area contributed by atoms with E-state index in [1.54, 1.807) is 42.5 Å². The molecule has 0 fully saturated rings. The number of rotatable bonds is 7. The average molecular weight is 450 g/mol. The molecule has 0 spiro atoms. The summed E-state index contributed by atoms with van der Waals surface area (Å²) >= 11 is 5.91. The summed E-state index contributed by atoms with van der Waals surface area (Å²) in [5, 5.41) is 3.57. The van der Waals surface area contributed by atoms with Gasteiger partial charge in [-0.3, -0.25) is 9.59 Å². The summed E-state index contributed by atoms with van der Waals surface area (Å²) in [6, 6.07) is 19.1. The van der Waals surface area contributed by atoms with Gasteiger partial charge in [0.2, 0.25) is 11.2 Å². The number of hydrogen-bond donors (Lipinski definition) is 1. The van der Waals surface area contributed by atoms with Gasteiger partial charge in [-0.15, -0.1) is 0 Å². The number of halogens is 1. The highest BCUT2D eigenvalue weighted by Gasteiger charge is 2.11. The molecule has 0 bridgehead atoms. The van der Waals surface area contributed by atoms with Crippen LogP contribution < -0.4 is 20.2 Å². The summed E-state index contributed by atoms with van der Waals surface area (Å²) in [5.41, 5.74) is 1.79. The first-order chi connectivity index (χ1) is 15.5. The van der Waals surface area contributed by atoms with Gasteiger partial charge in [0.1, 0.15) is 23.3 Å². The Kier molecular flexibility index (Phi) is 6.42. The molecular weight excluding hydrogens is 430 g/mol. The second kappa shape index (κ2) is 9.58. The van der Waals surface area contributed by atoms with E-state index in [-0.39, 0.29) is 23.7 Å². The minimum absolute atomic E-state index is 0.0938. The Balaban J connectivity index is 1.44.